The van der Waals surface area contributed by atoms with Crippen molar-refractivity contribution >= 4 is 11.7 Å². The highest BCUT2D eigenvalue weighted by Gasteiger charge is 2.18. The molecule has 1 aliphatic rings. The summed E-state index contributed by atoms with van der Waals surface area (Å²) in [4.78, 5) is 25.2. The molecule has 0 unspecified atom stereocenters. The van der Waals surface area contributed by atoms with Crippen LogP contribution in [0.2, 0.25) is 0 Å². The third-order valence-electron chi connectivity index (χ3n) is 4.93. The van der Waals surface area contributed by atoms with Crippen LogP contribution in [0.1, 0.15) is 11.3 Å². The lowest BCUT2D eigenvalue weighted by Crippen LogP contribution is -2.32. The maximum absolute atomic E-state index is 12.8. The Balaban J connectivity index is 1.40. The smallest absolute Gasteiger partial charge is 0.319 e. The van der Waals surface area contributed by atoms with Crippen molar-refractivity contribution in [1.29, 1.82) is 0 Å². The van der Waals surface area contributed by atoms with Gasteiger partial charge >= 0.3 is 6.03 Å². The van der Waals surface area contributed by atoms with E-state index >= 15 is 0 Å². The molecule has 0 saturated heterocycles. The van der Waals surface area contributed by atoms with Gasteiger partial charge in [0.05, 0.1) is 11.4 Å². The standard InChI is InChI=1S/C21H22N4O4/c1-14-19(20(26)25(24(14)2)16-6-4-3-5-7-16)23-21(27)22-11-10-15-8-9-17-18(12-15)29-13-28-17/h3-9,12H,10-11,13H2,1-2H3,(H2,22,23,27). The number of benzene rings is 2. The zero-order valence-corrected chi connectivity index (χ0v) is 16.3. The summed E-state index contributed by atoms with van der Waals surface area (Å²) < 4.78 is 13.9. The van der Waals surface area contributed by atoms with Gasteiger partial charge in [-0.15, -0.1) is 0 Å². The zero-order chi connectivity index (χ0) is 20.4. The highest BCUT2D eigenvalue weighted by Crippen LogP contribution is 2.32. The van der Waals surface area contributed by atoms with Crippen molar-refractivity contribution in [2.24, 2.45) is 7.05 Å². The van der Waals surface area contributed by atoms with Crippen LogP contribution in [0.5, 0.6) is 11.5 Å². The molecule has 1 aliphatic heterocycles. The number of carbonyl (C=O) groups excluding carboxylic acids is 1. The number of para-hydroxylation sites is 1. The topological polar surface area (TPSA) is 86.5 Å². The van der Waals surface area contributed by atoms with Gasteiger partial charge in [0.15, 0.2) is 11.5 Å². The fraction of sp³-hybridized carbons (Fsp3) is 0.238. The number of nitrogens with zero attached hydrogens (tertiary/aromatic N) is 2. The number of amides is 2. The summed E-state index contributed by atoms with van der Waals surface area (Å²) in [6.07, 6.45) is 0.631. The Morgan fingerprint density at radius 1 is 1.10 bits per heavy atom. The number of anilines is 1. The molecule has 2 N–H and O–H groups in total. The third-order valence-corrected chi connectivity index (χ3v) is 4.93. The number of fused-ring (bicyclic) bond motifs is 1. The minimum absolute atomic E-state index is 0.233. The second kappa shape index (κ2) is 7.75. The Bertz CT molecular complexity index is 1100. The van der Waals surface area contributed by atoms with Crippen molar-refractivity contribution in [1.82, 2.24) is 14.7 Å². The molecule has 0 radical (unpaired) electrons. The quantitative estimate of drug-likeness (QED) is 0.696. The van der Waals surface area contributed by atoms with E-state index in [0.717, 1.165) is 17.0 Å². The molecule has 1 aromatic heterocycles. The Labute approximate surface area is 167 Å². The van der Waals surface area contributed by atoms with Gasteiger partial charge in [-0.2, -0.15) is 0 Å². The van der Waals surface area contributed by atoms with Crippen LogP contribution < -0.4 is 25.7 Å². The zero-order valence-electron chi connectivity index (χ0n) is 16.3. The first kappa shape index (κ1) is 18.7. The summed E-state index contributed by atoms with van der Waals surface area (Å²) in [5, 5.41) is 5.48. The van der Waals surface area contributed by atoms with Crippen LogP contribution in [0.4, 0.5) is 10.5 Å². The number of ether oxygens (including phenoxy) is 2. The lowest BCUT2D eigenvalue weighted by atomic mass is 10.1. The predicted molar refractivity (Wildman–Crippen MR) is 109 cm³/mol. The molecular formula is C21H22N4O4. The van der Waals surface area contributed by atoms with Crippen LogP contribution in [-0.4, -0.2) is 28.7 Å². The molecule has 0 saturated carbocycles. The normalized spacial score (nSPS) is 12.1. The molecule has 2 aromatic carbocycles. The molecule has 8 heteroatoms. The van der Waals surface area contributed by atoms with E-state index < -0.39 is 6.03 Å². The first-order valence-corrected chi connectivity index (χ1v) is 9.32. The Hall–Kier alpha value is -3.68. The van der Waals surface area contributed by atoms with Gasteiger partial charge in [-0.25, -0.2) is 9.48 Å². The minimum atomic E-state index is -0.420. The maximum Gasteiger partial charge on any atom is 0.319 e. The van der Waals surface area contributed by atoms with Crippen molar-refractivity contribution < 1.29 is 14.3 Å². The Kier molecular flexibility index (Phi) is 4.99. The number of nitrogens with one attached hydrogen (secondary N) is 2. The van der Waals surface area contributed by atoms with Gasteiger partial charge in [0, 0.05) is 13.6 Å². The van der Waals surface area contributed by atoms with E-state index in [9.17, 15) is 9.59 Å². The predicted octanol–water partition coefficient (Wildman–Crippen LogP) is 2.58. The first-order valence-electron chi connectivity index (χ1n) is 9.32. The number of aromatic nitrogens is 2. The molecule has 0 bridgehead atoms. The molecule has 3 aromatic rings. The SMILES string of the molecule is Cc1c(NC(=O)NCCc2ccc3c(c2)OCO3)c(=O)n(-c2ccccc2)n1C. The summed E-state index contributed by atoms with van der Waals surface area (Å²) in [5.41, 5.74) is 2.42. The van der Waals surface area contributed by atoms with Crippen LogP contribution in [0, 0.1) is 6.92 Å². The molecule has 29 heavy (non-hydrogen) atoms. The van der Waals surface area contributed by atoms with Crippen molar-refractivity contribution in [2.75, 3.05) is 18.7 Å². The molecule has 2 heterocycles. The molecule has 4 rings (SSSR count). The van der Waals surface area contributed by atoms with E-state index in [-0.39, 0.29) is 18.0 Å². The number of rotatable bonds is 5. The summed E-state index contributed by atoms with van der Waals surface area (Å²) in [7, 11) is 1.78. The number of hydrogen-bond acceptors (Lipinski definition) is 4. The van der Waals surface area contributed by atoms with E-state index in [4.69, 9.17) is 9.47 Å². The second-order valence-corrected chi connectivity index (χ2v) is 6.76. The number of hydrogen-bond donors (Lipinski definition) is 2. The summed E-state index contributed by atoms with van der Waals surface area (Å²) in [6.45, 7) is 2.45. The average molecular weight is 394 g/mol. The maximum atomic E-state index is 12.8. The van der Waals surface area contributed by atoms with Crippen molar-refractivity contribution in [3.8, 4) is 17.2 Å². The minimum Gasteiger partial charge on any atom is -0.454 e. The van der Waals surface area contributed by atoms with E-state index in [1.165, 1.54) is 4.68 Å². The van der Waals surface area contributed by atoms with Crippen LogP contribution >= 0.6 is 0 Å². The lowest BCUT2D eigenvalue weighted by molar-refractivity contribution is 0.174. The molecule has 150 valence electrons. The summed E-state index contributed by atoms with van der Waals surface area (Å²) >= 11 is 0. The van der Waals surface area contributed by atoms with Gasteiger partial charge in [-0.3, -0.25) is 9.48 Å². The van der Waals surface area contributed by atoms with Gasteiger partial charge in [0.2, 0.25) is 6.79 Å². The fourth-order valence-electron chi connectivity index (χ4n) is 3.29. The number of carbonyl (C=O) groups is 1. The van der Waals surface area contributed by atoms with Gasteiger partial charge in [-0.1, -0.05) is 24.3 Å². The van der Waals surface area contributed by atoms with Crippen molar-refractivity contribution in [2.45, 2.75) is 13.3 Å². The molecule has 8 nitrogen and oxygen atoms in total. The highest BCUT2D eigenvalue weighted by molar-refractivity contribution is 5.89. The van der Waals surface area contributed by atoms with Crippen LogP contribution in [-0.2, 0) is 13.5 Å². The van der Waals surface area contributed by atoms with Gasteiger partial charge < -0.3 is 20.1 Å². The average Bonchev–Trinajstić information content (AvgIpc) is 3.27. The van der Waals surface area contributed by atoms with Crippen LogP contribution in [0.15, 0.2) is 53.3 Å². The van der Waals surface area contributed by atoms with Crippen LogP contribution in [0.3, 0.4) is 0 Å². The third kappa shape index (κ3) is 3.69. The van der Waals surface area contributed by atoms with Gasteiger partial charge in [-0.05, 0) is 43.2 Å². The molecular weight excluding hydrogens is 372 g/mol. The molecule has 0 aliphatic carbocycles. The molecule has 0 atom stereocenters. The summed E-state index contributed by atoms with van der Waals surface area (Å²) in [5.74, 6) is 1.45. The van der Waals surface area contributed by atoms with E-state index in [0.29, 0.717) is 24.4 Å². The van der Waals surface area contributed by atoms with Gasteiger partial charge in [0.25, 0.3) is 5.56 Å². The monoisotopic (exact) mass is 394 g/mol. The highest BCUT2D eigenvalue weighted by atomic mass is 16.7. The largest absolute Gasteiger partial charge is 0.454 e. The lowest BCUT2D eigenvalue weighted by Gasteiger charge is -2.08. The number of urea groups is 1. The van der Waals surface area contributed by atoms with E-state index in [2.05, 4.69) is 10.6 Å². The van der Waals surface area contributed by atoms with Crippen LogP contribution in [0.25, 0.3) is 5.69 Å². The van der Waals surface area contributed by atoms with Crippen molar-refractivity contribution in [3.05, 3.63) is 70.1 Å². The fourth-order valence-corrected chi connectivity index (χ4v) is 3.29. The Morgan fingerprint density at radius 3 is 2.66 bits per heavy atom. The molecule has 2 amide bonds. The molecule has 0 spiro atoms. The molecule has 0 fully saturated rings. The van der Waals surface area contributed by atoms with Gasteiger partial charge in [0.1, 0.15) is 5.69 Å². The van der Waals surface area contributed by atoms with Crippen molar-refractivity contribution in [3.63, 3.8) is 0 Å². The Morgan fingerprint density at radius 2 is 1.86 bits per heavy atom. The van der Waals surface area contributed by atoms with E-state index in [1.807, 2.05) is 48.5 Å². The first-order chi connectivity index (χ1) is 14.0. The summed E-state index contributed by atoms with van der Waals surface area (Å²) in [6, 6.07) is 14.6. The van der Waals surface area contributed by atoms with E-state index in [1.54, 1.807) is 18.7 Å². The second-order valence-electron chi connectivity index (χ2n) is 6.76.